The summed E-state index contributed by atoms with van der Waals surface area (Å²) in [5, 5.41) is 19.1. The number of carboxylic acid groups (broad SMARTS) is 1. The van der Waals surface area contributed by atoms with Gasteiger partial charge in [-0.05, 0) is 17.7 Å². The summed E-state index contributed by atoms with van der Waals surface area (Å²) in [6.45, 7) is 1.24. The van der Waals surface area contributed by atoms with Crippen molar-refractivity contribution in [3.05, 3.63) is 61.9 Å². The number of nitrogens with two attached hydrogens (primary N) is 1. The van der Waals surface area contributed by atoms with Crippen molar-refractivity contribution in [3.8, 4) is 5.88 Å². The van der Waals surface area contributed by atoms with Crippen LogP contribution in [0.25, 0.3) is 4.96 Å². The molecule has 0 fully saturated rings. The lowest BCUT2D eigenvalue weighted by Crippen LogP contribution is -2.41. The number of fused-ring (bicyclic) bond motifs is 3. The Bertz CT molecular complexity index is 1320. The van der Waals surface area contributed by atoms with E-state index >= 15 is 0 Å². The molecule has 174 valence electrons. The fourth-order valence-electron chi connectivity index (χ4n) is 3.69. The summed E-state index contributed by atoms with van der Waals surface area (Å²) in [6.07, 6.45) is -4.03. The van der Waals surface area contributed by atoms with Crippen LogP contribution in [0.15, 0.2) is 29.1 Å². The van der Waals surface area contributed by atoms with E-state index in [1.54, 1.807) is 0 Å². The Kier molecular flexibility index (Phi) is 5.72. The number of carbonyl (C=O) groups excluding carboxylic acids is 1. The monoisotopic (exact) mass is 482 g/mol. The second kappa shape index (κ2) is 8.24. The van der Waals surface area contributed by atoms with Crippen LogP contribution in [0.1, 0.15) is 32.1 Å². The molecule has 0 saturated carbocycles. The Hall–Kier alpha value is -3.29. The summed E-state index contributed by atoms with van der Waals surface area (Å²) in [4.78, 5) is 43.0. The maximum absolute atomic E-state index is 12.9. The van der Waals surface area contributed by atoms with Crippen molar-refractivity contribution in [1.82, 2.24) is 14.3 Å². The second-order valence-electron chi connectivity index (χ2n) is 7.54. The van der Waals surface area contributed by atoms with Crippen molar-refractivity contribution in [2.75, 3.05) is 6.54 Å². The Morgan fingerprint density at radius 3 is 2.52 bits per heavy atom. The third-order valence-electron chi connectivity index (χ3n) is 5.35. The van der Waals surface area contributed by atoms with E-state index in [1.165, 1.54) is 16.5 Å². The van der Waals surface area contributed by atoms with E-state index < -0.39 is 46.5 Å². The van der Waals surface area contributed by atoms with Gasteiger partial charge in [0.15, 0.2) is 11.0 Å². The number of Topliss-reactive ketones (excluding diaryl/α,β-unsaturated/α-hetero) is 1. The third-order valence-corrected chi connectivity index (χ3v) is 6.42. The number of alkyl halides is 3. The molecule has 3 aromatic rings. The molecule has 0 aliphatic carbocycles. The highest BCUT2D eigenvalue weighted by atomic mass is 32.1. The molecule has 0 radical (unpaired) electrons. The van der Waals surface area contributed by atoms with E-state index in [2.05, 4.69) is 4.98 Å². The normalized spacial score (nSPS) is 15.4. The van der Waals surface area contributed by atoms with Gasteiger partial charge in [0.2, 0.25) is 11.7 Å². The van der Waals surface area contributed by atoms with E-state index in [0.29, 0.717) is 37.3 Å². The molecule has 0 saturated heterocycles. The zero-order valence-electron chi connectivity index (χ0n) is 16.8. The van der Waals surface area contributed by atoms with Crippen LogP contribution in [-0.4, -0.2) is 48.8 Å². The summed E-state index contributed by atoms with van der Waals surface area (Å²) in [7, 11) is 0. The number of benzene rings is 1. The first-order valence-corrected chi connectivity index (χ1v) is 10.5. The molecule has 4 N–H and O–H groups in total. The smallest absolute Gasteiger partial charge is 0.416 e. The van der Waals surface area contributed by atoms with Crippen LogP contribution in [-0.2, 0) is 30.5 Å². The lowest BCUT2D eigenvalue weighted by molar-refractivity contribution is -0.138. The first kappa shape index (κ1) is 22.9. The zero-order chi connectivity index (χ0) is 24.1. The number of aliphatic carboxylic acids is 1. The molecule has 1 aliphatic rings. The first-order valence-electron chi connectivity index (χ1n) is 9.64. The summed E-state index contributed by atoms with van der Waals surface area (Å²) in [5.41, 5.74) is 4.17. The quantitative estimate of drug-likeness (QED) is 0.369. The van der Waals surface area contributed by atoms with Crippen LogP contribution in [0.2, 0.25) is 0 Å². The summed E-state index contributed by atoms with van der Waals surface area (Å²) in [6, 6.07) is 2.86. The molecule has 9 nitrogen and oxygen atoms in total. The van der Waals surface area contributed by atoms with E-state index in [9.17, 15) is 32.7 Å². The van der Waals surface area contributed by atoms with Gasteiger partial charge in [0.05, 0.1) is 5.56 Å². The molecule has 1 aliphatic heterocycles. The van der Waals surface area contributed by atoms with Crippen molar-refractivity contribution in [3.63, 3.8) is 0 Å². The molecule has 2 aromatic heterocycles. The van der Waals surface area contributed by atoms with Crippen LogP contribution in [0.4, 0.5) is 13.2 Å². The standard InChI is InChI=1S/C20H17F3N4O5S/c21-20(22,23)10-3-1-9(2-4-10)7-26-6-5-11-12(8-26)33-19-25-16(29)13(17(30)27(11)19)15(28)14(24)18(31)32/h1-4,14,29H,5-8,24H2,(H,31,32). The molecule has 33 heavy (non-hydrogen) atoms. The number of hydrogen-bond acceptors (Lipinski definition) is 8. The van der Waals surface area contributed by atoms with Gasteiger partial charge in [-0.2, -0.15) is 18.2 Å². The van der Waals surface area contributed by atoms with Crippen molar-refractivity contribution in [2.24, 2.45) is 5.73 Å². The SMILES string of the molecule is NC(C(=O)O)C(=O)c1c(O)nc2sc3c(n2c1=O)CCN(Cc1ccc(C(F)(F)F)cc1)C3. The molecular formula is C20H17F3N4O5S. The van der Waals surface area contributed by atoms with Crippen LogP contribution in [0, 0.1) is 0 Å². The molecule has 0 spiro atoms. The predicted molar refractivity (Wildman–Crippen MR) is 110 cm³/mol. The average molecular weight is 482 g/mol. The average Bonchev–Trinajstić information content (AvgIpc) is 3.10. The van der Waals surface area contributed by atoms with Crippen molar-refractivity contribution >= 4 is 28.1 Å². The number of nitrogens with zero attached hydrogens (tertiary/aromatic N) is 3. The van der Waals surface area contributed by atoms with Gasteiger partial charge >= 0.3 is 12.1 Å². The number of carboxylic acids is 1. The highest BCUT2D eigenvalue weighted by Crippen LogP contribution is 2.31. The number of thiazole rings is 1. The molecule has 1 aromatic carbocycles. The van der Waals surface area contributed by atoms with E-state index in [0.717, 1.165) is 28.3 Å². The van der Waals surface area contributed by atoms with Crippen molar-refractivity contribution < 1.29 is 33.0 Å². The predicted octanol–water partition coefficient (Wildman–Crippen LogP) is 1.63. The lowest BCUT2D eigenvalue weighted by Gasteiger charge is -2.26. The number of carbonyl (C=O) groups is 2. The Morgan fingerprint density at radius 2 is 1.91 bits per heavy atom. The summed E-state index contributed by atoms with van der Waals surface area (Å²) < 4.78 is 39.4. The van der Waals surface area contributed by atoms with Crippen LogP contribution < -0.4 is 11.3 Å². The number of ketones is 1. The molecular weight excluding hydrogens is 465 g/mol. The number of aromatic hydroxyl groups is 1. The van der Waals surface area contributed by atoms with Gasteiger partial charge in [-0.15, -0.1) is 0 Å². The maximum atomic E-state index is 12.9. The number of rotatable bonds is 5. The van der Waals surface area contributed by atoms with Gasteiger partial charge in [-0.1, -0.05) is 23.5 Å². The molecule has 13 heteroatoms. The van der Waals surface area contributed by atoms with Crippen LogP contribution in [0.5, 0.6) is 5.88 Å². The number of halogens is 3. The van der Waals surface area contributed by atoms with Gasteiger partial charge in [0, 0.05) is 36.6 Å². The minimum Gasteiger partial charge on any atom is -0.493 e. The maximum Gasteiger partial charge on any atom is 0.416 e. The molecule has 0 amide bonds. The number of hydrogen-bond donors (Lipinski definition) is 3. The minimum absolute atomic E-state index is 0.138. The summed E-state index contributed by atoms with van der Waals surface area (Å²) in [5.74, 6) is -3.77. The Balaban J connectivity index is 1.62. The molecule has 0 bridgehead atoms. The molecule has 1 unspecified atom stereocenters. The third kappa shape index (κ3) is 4.21. The Labute approximate surface area is 187 Å². The fourth-order valence-corrected chi connectivity index (χ4v) is 4.88. The second-order valence-corrected chi connectivity index (χ2v) is 8.60. The highest BCUT2D eigenvalue weighted by Gasteiger charge is 2.32. The number of aromatic nitrogens is 2. The fraction of sp³-hybridized carbons (Fsp3) is 0.300. The topological polar surface area (TPSA) is 138 Å². The van der Waals surface area contributed by atoms with Crippen LogP contribution in [0.3, 0.4) is 0 Å². The zero-order valence-corrected chi connectivity index (χ0v) is 17.6. The van der Waals surface area contributed by atoms with Crippen molar-refractivity contribution in [2.45, 2.75) is 31.7 Å². The highest BCUT2D eigenvalue weighted by molar-refractivity contribution is 7.17. The molecule has 1 atom stereocenters. The Morgan fingerprint density at radius 1 is 1.24 bits per heavy atom. The lowest BCUT2D eigenvalue weighted by atomic mass is 10.1. The van der Waals surface area contributed by atoms with Gasteiger partial charge in [-0.25, -0.2) is 0 Å². The molecule has 4 rings (SSSR count). The largest absolute Gasteiger partial charge is 0.493 e. The van der Waals surface area contributed by atoms with Gasteiger partial charge in [0.25, 0.3) is 5.56 Å². The molecule has 3 heterocycles. The van der Waals surface area contributed by atoms with Gasteiger partial charge in [0.1, 0.15) is 5.56 Å². The van der Waals surface area contributed by atoms with Gasteiger partial charge in [-0.3, -0.25) is 23.7 Å². The van der Waals surface area contributed by atoms with E-state index in [4.69, 9.17) is 10.8 Å². The minimum atomic E-state index is -4.41. The summed E-state index contributed by atoms with van der Waals surface area (Å²) >= 11 is 1.13. The van der Waals surface area contributed by atoms with Crippen molar-refractivity contribution in [1.29, 1.82) is 0 Å². The van der Waals surface area contributed by atoms with E-state index in [-0.39, 0.29) is 4.96 Å². The van der Waals surface area contributed by atoms with E-state index in [1.807, 2.05) is 4.90 Å². The van der Waals surface area contributed by atoms with Gasteiger partial charge < -0.3 is 15.9 Å². The van der Waals surface area contributed by atoms with Crippen LogP contribution >= 0.6 is 11.3 Å². The first-order chi connectivity index (χ1) is 15.5.